The maximum atomic E-state index is 8.57. The van der Waals surface area contributed by atoms with Crippen molar-refractivity contribution in [1.82, 2.24) is 0 Å². The van der Waals surface area contributed by atoms with Crippen LogP contribution in [0.3, 0.4) is 0 Å². The summed E-state index contributed by atoms with van der Waals surface area (Å²) in [6.07, 6.45) is 1.27. The number of oxime groups is 1. The van der Waals surface area contributed by atoms with Crippen LogP contribution < -0.4 is 15.8 Å². The Bertz CT molecular complexity index is 424. The topological polar surface area (TPSA) is 79.9 Å². The molecule has 1 unspecified atom stereocenters. The molecule has 1 rings (SSSR count). The number of amidine groups is 1. The lowest BCUT2D eigenvalue weighted by Gasteiger charge is -2.19. The average molecular weight is 272 g/mol. The summed E-state index contributed by atoms with van der Waals surface area (Å²) in [6, 6.07) is 5.42. The standard InChI is InChI=1S/C12H18ClN3O2/c1-3-8(6-12(14)16-17)15-11-7-9(18-2)4-5-10(11)13/h4-5,7-8,15,17H,3,6H2,1-2H3,(H2,14,16). The quantitative estimate of drug-likeness (QED) is 0.322. The summed E-state index contributed by atoms with van der Waals surface area (Å²) in [4.78, 5) is 0. The fourth-order valence-electron chi connectivity index (χ4n) is 1.55. The van der Waals surface area contributed by atoms with Gasteiger partial charge in [-0.1, -0.05) is 23.7 Å². The van der Waals surface area contributed by atoms with Crippen LogP contribution in [0.4, 0.5) is 5.69 Å². The maximum Gasteiger partial charge on any atom is 0.141 e. The van der Waals surface area contributed by atoms with E-state index in [2.05, 4.69) is 10.5 Å². The zero-order valence-electron chi connectivity index (χ0n) is 10.5. The molecule has 0 aliphatic rings. The highest BCUT2D eigenvalue weighted by atomic mass is 35.5. The van der Waals surface area contributed by atoms with E-state index in [1.54, 1.807) is 19.2 Å². The van der Waals surface area contributed by atoms with Crippen LogP contribution in [0.2, 0.25) is 5.02 Å². The van der Waals surface area contributed by atoms with Gasteiger partial charge in [0.05, 0.1) is 17.8 Å². The minimum Gasteiger partial charge on any atom is -0.497 e. The van der Waals surface area contributed by atoms with Crippen LogP contribution in [0.15, 0.2) is 23.4 Å². The number of anilines is 1. The fourth-order valence-corrected chi connectivity index (χ4v) is 1.72. The first kappa shape index (κ1) is 14.4. The molecule has 0 radical (unpaired) electrons. The van der Waals surface area contributed by atoms with E-state index in [0.29, 0.717) is 11.4 Å². The van der Waals surface area contributed by atoms with Gasteiger partial charge in [-0.05, 0) is 18.6 Å². The van der Waals surface area contributed by atoms with Gasteiger partial charge in [-0.3, -0.25) is 0 Å². The van der Waals surface area contributed by atoms with Gasteiger partial charge in [0.15, 0.2) is 0 Å². The highest BCUT2D eigenvalue weighted by Gasteiger charge is 2.11. The molecule has 0 spiro atoms. The normalized spacial score (nSPS) is 13.2. The van der Waals surface area contributed by atoms with E-state index in [9.17, 15) is 0 Å². The predicted octanol–water partition coefficient (Wildman–Crippen LogP) is 2.68. The Kier molecular flexibility index (Phi) is 5.58. The minimum atomic E-state index is 0.0468. The first-order valence-corrected chi connectivity index (χ1v) is 6.05. The lowest BCUT2D eigenvalue weighted by atomic mass is 10.1. The van der Waals surface area contributed by atoms with Crippen LogP contribution in [0.25, 0.3) is 0 Å². The molecule has 1 aromatic carbocycles. The first-order valence-electron chi connectivity index (χ1n) is 5.67. The van der Waals surface area contributed by atoms with Crippen LogP contribution in [0, 0.1) is 0 Å². The Morgan fingerprint density at radius 3 is 2.89 bits per heavy atom. The van der Waals surface area contributed by atoms with Crippen molar-refractivity contribution >= 4 is 23.1 Å². The van der Waals surface area contributed by atoms with E-state index >= 15 is 0 Å². The Morgan fingerprint density at radius 1 is 1.61 bits per heavy atom. The monoisotopic (exact) mass is 271 g/mol. The van der Waals surface area contributed by atoms with Crippen LogP contribution in [-0.2, 0) is 0 Å². The molecule has 0 bridgehead atoms. The zero-order chi connectivity index (χ0) is 13.5. The molecule has 5 nitrogen and oxygen atoms in total. The Labute approximate surface area is 112 Å². The van der Waals surface area contributed by atoms with E-state index in [-0.39, 0.29) is 11.9 Å². The molecule has 0 heterocycles. The third-order valence-corrected chi connectivity index (χ3v) is 2.94. The minimum absolute atomic E-state index is 0.0468. The number of hydrogen-bond acceptors (Lipinski definition) is 4. The van der Waals surface area contributed by atoms with Gasteiger partial charge in [0.25, 0.3) is 0 Å². The Balaban J connectivity index is 2.80. The van der Waals surface area contributed by atoms with Gasteiger partial charge in [-0.15, -0.1) is 0 Å². The van der Waals surface area contributed by atoms with Gasteiger partial charge in [0.2, 0.25) is 0 Å². The molecule has 18 heavy (non-hydrogen) atoms. The molecular weight excluding hydrogens is 254 g/mol. The van der Waals surface area contributed by atoms with Gasteiger partial charge in [-0.2, -0.15) is 0 Å². The summed E-state index contributed by atoms with van der Waals surface area (Å²) in [6.45, 7) is 2.01. The molecule has 0 aromatic heterocycles. The van der Waals surface area contributed by atoms with Crippen molar-refractivity contribution in [3.8, 4) is 5.75 Å². The number of methoxy groups -OCH3 is 1. The summed E-state index contributed by atoms with van der Waals surface area (Å²) >= 11 is 6.10. The van der Waals surface area contributed by atoms with Crippen molar-refractivity contribution in [2.45, 2.75) is 25.8 Å². The average Bonchev–Trinajstić information content (AvgIpc) is 2.39. The van der Waals surface area contributed by atoms with Crippen LogP contribution in [-0.4, -0.2) is 24.2 Å². The van der Waals surface area contributed by atoms with E-state index in [4.69, 9.17) is 27.3 Å². The number of nitrogens with one attached hydrogen (secondary N) is 1. The molecule has 0 saturated carbocycles. The number of nitrogens with two attached hydrogens (primary N) is 1. The molecule has 1 atom stereocenters. The van der Waals surface area contributed by atoms with E-state index in [1.165, 1.54) is 0 Å². The van der Waals surface area contributed by atoms with Crippen molar-refractivity contribution in [2.75, 3.05) is 12.4 Å². The molecule has 100 valence electrons. The smallest absolute Gasteiger partial charge is 0.141 e. The highest BCUT2D eigenvalue weighted by Crippen LogP contribution is 2.27. The molecule has 6 heteroatoms. The predicted molar refractivity (Wildman–Crippen MR) is 73.7 cm³/mol. The molecule has 0 amide bonds. The number of rotatable bonds is 6. The second-order valence-corrected chi connectivity index (χ2v) is 4.30. The molecule has 4 N–H and O–H groups in total. The Morgan fingerprint density at radius 2 is 2.33 bits per heavy atom. The van der Waals surface area contributed by atoms with Crippen LogP contribution >= 0.6 is 11.6 Å². The molecule has 0 saturated heterocycles. The molecule has 0 fully saturated rings. The van der Waals surface area contributed by atoms with Crippen molar-refractivity contribution in [2.24, 2.45) is 10.9 Å². The summed E-state index contributed by atoms with van der Waals surface area (Å²) in [5, 5.41) is 15.4. The second kappa shape index (κ2) is 6.96. The van der Waals surface area contributed by atoms with Crippen molar-refractivity contribution in [1.29, 1.82) is 0 Å². The van der Waals surface area contributed by atoms with Gasteiger partial charge < -0.3 is 21.0 Å². The molecule has 0 aliphatic heterocycles. The van der Waals surface area contributed by atoms with Gasteiger partial charge in [-0.25, -0.2) is 0 Å². The SMILES string of the molecule is CCC(C/C(N)=N/O)Nc1cc(OC)ccc1Cl. The van der Waals surface area contributed by atoms with Crippen molar-refractivity contribution < 1.29 is 9.94 Å². The molecular formula is C12H18ClN3O2. The van der Waals surface area contributed by atoms with Crippen molar-refractivity contribution in [3.63, 3.8) is 0 Å². The zero-order valence-corrected chi connectivity index (χ0v) is 11.2. The van der Waals surface area contributed by atoms with Crippen LogP contribution in [0.1, 0.15) is 19.8 Å². The van der Waals surface area contributed by atoms with E-state index in [0.717, 1.165) is 17.9 Å². The third-order valence-electron chi connectivity index (χ3n) is 2.61. The lowest BCUT2D eigenvalue weighted by molar-refractivity contribution is 0.316. The molecule has 1 aromatic rings. The van der Waals surface area contributed by atoms with Gasteiger partial charge in [0.1, 0.15) is 11.6 Å². The fraction of sp³-hybridized carbons (Fsp3) is 0.417. The summed E-state index contributed by atoms with van der Waals surface area (Å²) in [7, 11) is 1.60. The summed E-state index contributed by atoms with van der Waals surface area (Å²) in [5.41, 5.74) is 6.27. The highest BCUT2D eigenvalue weighted by molar-refractivity contribution is 6.33. The largest absolute Gasteiger partial charge is 0.497 e. The van der Waals surface area contributed by atoms with Crippen LogP contribution in [0.5, 0.6) is 5.75 Å². The first-order chi connectivity index (χ1) is 8.60. The second-order valence-electron chi connectivity index (χ2n) is 3.89. The molecule has 0 aliphatic carbocycles. The third kappa shape index (κ3) is 4.00. The number of ether oxygens (including phenoxy) is 1. The van der Waals surface area contributed by atoms with Crippen molar-refractivity contribution in [3.05, 3.63) is 23.2 Å². The number of nitrogens with zero attached hydrogens (tertiary/aromatic N) is 1. The number of halogens is 1. The van der Waals surface area contributed by atoms with Gasteiger partial charge in [0, 0.05) is 18.5 Å². The van der Waals surface area contributed by atoms with Gasteiger partial charge >= 0.3 is 0 Å². The number of hydrogen-bond donors (Lipinski definition) is 3. The number of benzene rings is 1. The summed E-state index contributed by atoms with van der Waals surface area (Å²) in [5.74, 6) is 0.911. The van der Waals surface area contributed by atoms with E-state index in [1.807, 2.05) is 13.0 Å². The van der Waals surface area contributed by atoms with E-state index < -0.39 is 0 Å². The summed E-state index contributed by atoms with van der Waals surface area (Å²) < 4.78 is 5.14. The lowest BCUT2D eigenvalue weighted by Crippen LogP contribution is -2.26. The maximum absolute atomic E-state index is 8.57. The Hall–Kier alpha value is -1.62.